The quantitative estimate of drug-likeness (QED) is 0.449. The van der Waals surface area contributed by atoms with Crippen LogP contribution in [0.1, 0.15) is 22.8 Å². The number of nitrogens with zero attached hydrogens (tertiary/aromatic N) is 2. The van der Waals surface area contributed by atoms with E-state index in [1.54, 1.807) is 31.4 Å². The second-order valence-corrected chi connectivity index (χ2v) is 8.19. The van der Waals surface area contributed by atoms with E-state index in [9.17, 15) is 14.7 Å². The number of thioether (sulfide) groups is 1. The Bertz CT molecular complexity index is 1290. The zero-order chi connectivity index (χ0) is 24.1. The summed E-state index contributed by atoms with van der Waals surface area (Å²) in [6.45, 7) is 2.41. The largest absolute Gasteiger partial charge is 0.493 e. The Morgan fingerprint density at radius 3 is 2.56 bits per heavy atom. The number of methoxy groups -OCH3 is 1. The molecule has 1 N–H and O–H groups in total. The molecule has 1 aliphatic heterocycles. The monoisotopic (exact) mass is 474 g/mol. The van der Waals surface area contributed by atoms with Gasteiger partial charge in [0.15, 0.2) is 16.7 Å². The van der Waals surface area contributed by atoms with Gasteiger partial charge < -0.3 is 14.6 Å². The molecule has 34 heavy (non-hydrogen) atoms. The molecule has 8 heteroatoms. The minimum absolute atomic E-state index is 0.125. The highest BCUT2D eigenvalue weighted by molar-refractivity contribution is 8.19. The second kappa shape index (κ2) is 10.3. The fourth-order valence-electron chi connectivity index (χ4n) is 3.37. The average Bonchev–Trinajstić information content (AvgIpc) is 3.15. The number of hydrogen-bond acceptors (Lipinski definition) is 6. The molecule has 0 aromatic heterocycles. The number of ether oxygens (including phenoxy) is 2. The maximum atomic E-state index is 13.4. The molecule has 1 amide bonds. The predicted octanol–water partition coefficient (Wildman–Crippen LogP) is 5.60. The highest BCUT2D eigenvalue weighted by atomic mass is 32.2. The SMILES string of the molecule is CCOc1ccc(/C=C2\SC(=Nc3cccc(C(=O)O)c3)N(c3ccccc3)C2=O)cc1OC. The van der Waals surface area contributed by atoms with Crippen molar-refractivity contribution in [2.75, 3.05) is 18.6 Å². The molecule has 0 atom stereocenters. The van der Waals surface area contributed by atoms with Gasteiger partial charge >= 0.3 is 5.97 Å². The Kier molecular flexibility index (Phi) is 6.98. The number of rotatable bonds is 7. The number of amides is 1. The van der Waals surface area contributed by atoms with Crippen LogP contribution in [0, 0.1) is 0 Å². The van der Waals surface area contributed by atoms with Gasteiger partial charge in [-0.15, -0.1) is 0 Å². The van der Waals surface area contributed by atoms with Gasteiger partial charge in [-0.1, -0.05) is 30.3 Å². The van der Waals surface area contributed by atoms with E-state index in [4.69, 9.17) is 9.47 Å². The minimum Gasteiger partial charge on any atom is -0.493 e. The highest BCUT2D eigenvalue weighted by Crippen LogP contribution is 2.38. The van der Waals surface area contributed by atoms with Crippen LogP contribution < -0.4 is 14.4 Å². The van der Waals surface area contributed by atoms with E-state index in [0.29, 0.717) is 39.6 Å². The number of anilines is 1. The van der Waals surface area contributed by atoms with Crippen LogP contribution in [0.15, 0.2) is 82.7 Å². The van der Waals surface area contributed by atoms with Crippen molar-refractivity contribution in [1.29, 1.82) is 0 Å². The molecular weight excluding hydrogens is 452 g/mol. The van der Waals surface area contributed by atoms with Gasteiger partial charge in [-0.3, -0.25) is 9.69 Å². The first-order valence-corrected chi connectivity index (χ1v) is 11.3. The van der Waals surface area contributed by atoms with Crippen molar-refractivity contribution in [2.45, 2.75) is 6.92 Å². The van der Waals surface area contributed by atoms with Crippen LogP contribution >= 0.6 is 11.8 Å². The zero-order valence-electron chi connectivity index (χ0n) is 18.6. The van der Waals surface area contributed by atoms with Gasteiger partial charge in [0.25, 0.3) is 5.91 Å². The summed E-state index contributed by atoms with van der Waals surface area (Å²) in [6.07, 6.45) is 1.78. The molecule has 3 aromatic rings. The Balaban J connectivity index is 1.75. The fourth-order valence-corrected chi connectivity index (χ4v) is 4.37. The lowest BCUT2D eigenvalue weighted by Gasteiger charge is -2.15. The summed E-state index contributed by atoms with van der Waals surface area (Å²) in [7, 11) is 1.57. The third-order valence-electron chi connectivity index (χ3n) is 4.92. The van der Waals surface area contributed by atoms with Gasteiger partial charge in [0.2, 0.25) is 0 Å². The van der Waals surface area contributed by atoms with Crippen LogP contribution in [0.5, 0.6) is 11.5 Å². The molecular formula is C26H22N2O5S. The standard InChI is InChI=1S/C26H22N2O5S/c1-3-33-21-13-12-17(14-22(21)32-2)15-23-24(29)28(20-10-5-4-6-11-20)26(34-23)27-19-9-7-8-18(16-19)25(30)31/h4-16H,3H2,1-2H3,(H,30,31)/b23-15-,27-26?. The van der Waals surface area contributed by atoms with E-state index in [1.165, 1.54) is 28.8 Å². The zero-order valence-corrected chi connectivity index (χ0v) is 19.4. The van der Waals surface area contributed by atoms with Crippen LogP contribution in [-0.4, -0.2) is 35.9 Å². The van der Waals surface area contributed by atoms with Crippen molar-refractivity contribution < 1.29 is 24.2 Å². The normalized spacial score (nSPS) is 15.7. The fraction of sp³-hybridized carbons (Fsp3) is 0.115. The second-order valence-electron chi connectivity index (χ2n) is 7.18. The third-order valence-corrected chi connectivity index (χ3v) is 5.89. The Morgan fingerprint density at radius 2 is 1.85 bits per heavy atom. The molecule has 172 valence electrons. The van der Waals surface area contributed by atoms with E-state index in [2.05, 4.69) is 4.99 Å². The molecule has 0 aliphatic carbocycles. The molecule has 0 bridgehead atoms. The van der Waals surface area contributed by atoms with Crippen molar-refractivity contribution in [2.24, 2.45) is 4.99 Å². The Labute approximate surface area is 201 Å². The molecule has 1 fully saturated rings. The maximum absolute atomic E-state index is 13.4. The predicted molar refractivity (Wildman–Crippen MR) is 134 cm³/mol. The molecule has 1 heterocycles. The van der Waals surface area contributed by atoms with Gasteiger partial charge in [0.1, 0.15) is 0 Å². The number of carboxylic acid groups (broad SMARTS) is 1. The van der Waals surface area contributed by atoms with Gasteiger partial charge in [0.05, 0.1) is 35.6 Å². The lowest BCUT2D eigenvalue weighted by atomic mass is 10.2. The van der Waals surface area contributed by atoms with Crippen LogP contribution in [0.4, 0.5) is 11.4 Å². The summed E-state index contributed by atoms with van der Waals surface area (Å²) in [6, 6.07) is 21.0. The van der Waals surface area contributed by atoms with E-state index in [0.717, 1.165) is 5.56 Å². The number of aromatic carboxylic acids is 1. The number of hydrogen-bond donors (Lipinski definition) is 1. The lowest BCUT2D eigenvalue weighted by Crippen LogP contribution is -2.28. The number of carbonyl (C=O) groups excluding carboxylic acids is 1. The van der Waals surface area contributed by atoms with Crippen molar-refractivity contribution in [3.05, 3.63) is 88.8 Å². The average molecular weight is 475 g/mol. The summed E-state index contributed by atoms with van der Waals surface area (Å²) in [5.41, 5.74) is 2.01. The molecule has 4 rings (SSSR count). The summed E-state index contributed by atoms with van der Waals surface area (Å²) < 4.78 is 11.0. The molecule has 0 radical (unpaired) electrons. The summed E-state index contributed by atoms with van der Waals surface area (Å²) >= 11 is 1.22. The maximum Gasteiger partial charge on any atom is 0.335 e. The van der Waals surface area contributed by atoms with Gasteiger partial charge in [-0.05, 0) is 72.8 Å². The van der Waals surface area contributed by atoms with E-state index in [-0.39, 0.29) is 11.5 Å². The number of aliphatic imine (C=N–C) groups is 1. The van der Waals surface area contributed by atoms with Gasteiger partial charge in [0, 0.05) is 0 Å². The summed E-state index contributed by atoms with van der Waals surface area (Å²) in [4.78, 5) is 31.4. The number of carboxylic acids is 1. The van der Waals surface area contributed by atoms with Crippen LogP contribution in [0.25, 0.3) is 6.08 Å². The van der Waals surface area contributed by atoms with Crippen molar-refractivity contribution in [1.82, 2.24) is 0 Å². The number of benzene rings is 3. The van der Waals surface area contributed by atoms with E-state index in [1.807, 2.05) is 49.4 Å². The molecule has 0 spiro atoms. The minimum atomic E-state index is -1.04. The molecule has 1 saturated heterocycles. The van der Waals surface area contributed by atoms with Crippen LogP contribution in [-0.2, 0) is 4.79 Å². The van der Waals surface area contributed by atoms with Crippen LogP contribution in [0.2, 0.25) is 0 Å². The molecule has 0 saturated carbocycles. The molecule has 7 nitrogen and oxygen atoms in total. The lowest BCUT2D eigenvalue weighted by molar-refractivity contribution is -0.113. The van der Waals surface area contributed by atoms with Gasteiger partial charge in [-0.2, -0.15) is 0 Å². The molecule has 1 aliphatic rings. The van der Waals surface area contributed by atoms with Crippen molar-refractivity contribution >= 4 is 46.3 Å². The van der Waals surface area contributed by atoms with Crippen molar-refractivity contribution in [3.63, 3.8) is 0 Å². The van der Waals surface area contributed by atoms with Crippen LogP contribution in [0.3, 0.4) is 0 Å². The molecule has 3 aromatic carbocycles. The number of amidine groups is 1. The summed E-state index contributed by atoms with van der Waals surface area (Å²) in [5, 5.41) is 9.73. The Hall–Kier alpha value is -4.04. The number of para-hydroxylation sites is 1. The van der Waals surface area contributed by atoms with Crippen molar-refractivity contribution in [3.8, 4) is 11.5 Å². The van der Waals surface area contributed by atoms with E-state index < -0.39 is 5.97 Å². The van der Waals surface area contributed by atoms with Gasteiger partial charge in [-0.25, -0.2) is 9.79 Å². The topological polar surface area (TPSA) is 88.4 Å². The smallest absolute Gasteiger partial charge is 0.335 e. The Morgan fingerprint density at radius 1 is 1.06 bits per heavy atom. The first-order valence-electron chi connectivity index (χ1n) is 10.5. The highest BCUT2D eigenvalue weighted by Gasteiger charge is 2.34. The first-order chi connectivity index (χ1) is 16.5. The molecule has 0 unspecified atom stereocenters. The third kappa shape index (κ3) is 4.97. The van der Waals surface area contributed by atoms with E-state index >= 15 is 0 Å². The summed E-state index contributed by atoms with van der Waals surface area (Å²) in [5.74, 6) is -0.0608. The first kappa shape index (κ1) is 23.1. The number of carbonyl (C=O) groups is 2.